The number of halogens is 1. The molecule has 128 valence electrons. The lowest BCUT2D eigenvalue weighted by molar-refractivity contribution is -0.147. The van der Waals surface area contributed by atoms with Crippen LogP contribution < -0.4 is 9.47 Å². The number of fused-ring (bicyclic) bond motifs is 1. The van der Waals surface area contributed by atoms with Crippen LogP contribution in [0.4, 0.5) is 0 Å². The van der Waals surface area contributed by atoms with Crippen LogP contribution in [0.25, 0.3) is 0 Å². The second-order valence-electron chi connectivity index (χ2n) is 5.25. The molecular formula is C18H14ClNO5. The molecule has 0 N–H and O–H groups in total. The fraction of sp³-hybridized carbons (Fsp3) is 0.222. The number of carbonyl (C=O) groups is 1. The smallest absolute Gasteiger partial charge is 0.344 e. The van der Waals surface area contributed by atoms with E-state index in [2.05, 4.69) is 0 Å². The summed E-state index contributed by atoms with van der Waals surface area (Å²) in [5, 5.41) is 9.26. The predicted molar refractivity (Wildman–Crippen MR) is 88.2 cm³/mol. The molecule has 3 rings (SSSR count). The van der Waals surface area contributed by atoms with Gasteiger partial charge in [0, 0.05) is 16.1 Å². The first-order valence-electron chi connectivity index (χ1n) is 7.46. The van der Waals surface area contributed by atoms with E-state index < -0.39 is 5.97 Å². The summed E-state index contributed by atoms with van der Waals surface area (Å²) in [6.07, 6.45) is 0. The first-order chi connectivity index (χ1) is 12.2. The average Bonchev–Trinajstić information content (AvgIpc) is 2.64. The van der Waals surface area contributed by atoms with Gasteiger partial charge in [-0.05, 0) is 36.4 Å². The van der Waals surface area contributed by atoms with Crippen molar-refractivity contribution in [2.24, 2.45) is 0 Å². The lowest BCUT2D eigenvalue weighted by Gasteiger charge is -2.21. The molecule has 1 heterocycles. The normalized spacial score (nSPS) is 12.5. The van der Waals surface area contributed by atoms with Crippen molar-refractivity contribution < 1.29 is 23.7 Å². The monoisotopic (exact) mass is 359 g/mol. The quantitative estimate of drug-likeness (QED) is 0.763. The third kappa shape index (κ3) is 4.41. The molecule has 1 aliphatic heterocycles. The molecule has 0 saturated heterocycles. The highest BCUT2D eigenvalue weighted by Crippen LogP contribution is 2.32. The van der Waals surface area contributed by atoms with Gasteiger partial charge in [-0.2, -0.15) is 5.26 Å². The summed E-state index contributed by atoms with van der Waals surface area (Å²) in [7, 11) is 0. The third-order valence-corrected chi connectivity index (χ3v) is 3.70. The molecule has 0 fully saturated rings. The van der Waals surface area contributed by atoms with E-state index in [1.54, 1.807) is 36.4 Å². The predicted octanol–water partition coefficient (Wildman–Crippen LogP) is 3.20. The highest BCUT2D eigenvalue weighted by molar-refractivity contribution is 6.30. The molecule has 0 bridgehead atoms. The van der Waals surface area contributed by atoms with E-state index in [0.717, 1.165) is 5.56 Å². The standard InChI is InChI=1S/C18H14ClNO5/c19-15-5-13-8-22-11-25-18(13)14(6-15)9-24-17(21)10-23-16-3-1-12(7-20)2-4-16/h1-6H,8-11H2. The minimum absolute atomic E-state index is 0.0262. The molecule has 0 saturated carbocycles. The Hall–Kier alpha value is -2.75. The molecule has 0 spiro atoms. The number of hydrogen-bond donors (Lipinski definition) is 0. The van der Waals surface area contributed by atoms with Gasteiger partial charge in [-0.15, -0.1) is 0 Å². The average molecular weight is 360 g/mol. The summed E-state index contributed by atoms with van der Waals surface area (Å²) < 4.78 is 21.2. The fourth-order valence-corrected chi connectivity index (χ4v) is 2.60. The number of hydrogen-bond acceptors (Lipinski definition) is 6. The molecule has 6 nitrogen and oxygen atoms in total. The summed E-state index contributed by atoms with van der Waals surface area (Å²) in [4.78, 5) is 11.9. The van der Waals surface area contributed by atoms with Crippen LogP contribution in [-0.2, 0) is 27.5 Å². The molecule has 0 amide bonds. The van der Waals surface area contributed by atoms with E-state index in [1.165, 1.54) is 0 Å². The first-order valence-corrected chi connectivity index (χ1v) is 7.84. The lowest BCUT2D eigenvalue weighted by Crippen LogP contribution is -2.17. The maximum atomic E-state index is 11.9. The molecule has 0 radical (unpaired) electrons. The molecular weight excluding hydrogens is 346 g/mol. The number of carbonyl (C=O) groups excluding carboxylic acids is 1. The van der Waals surface area contributed by atoms with E-state index in [0.29, 0.717) is 34.3 Å². The number of benzene rings is 2. The number of esters is 1. The van der Waals surface area contributed by atoms with Gasteiger partial charge in [-0.25, -0.2) is 4.79 Å². The van der Waals surface area contributed by atoms with Crippen molar-refractivity contribution in [1.29, 1.82) is 5.26 Å². The van der Waals surface area contributed by atoms with Crippen molar-refractivity contribution in [3.63, 3.8) is 0 Å². The van der Waals surface area contributed by atoms with Gasteiger partial charge in [0.15, 0.2) is 13.4 Å². The molecule has 1 aliphatic rings. The third-order valence-electron chi connectivity index (χ3n) is 3.48. The van der Waals surface area contributed by atoms with Crippen molar-refractivity contribution in [3.05, 3.63) is 58.1 Å². The fourth-order valence-electron chi connectivity index (χ4n) is 2.33. The van der Waals surface area contributed by atoms with E-state index in [4.69, 9.17) is 35.8 Å². The van der Waals surface area contributed by atoms with Crippen LogP contribution in [-0.4, -0.2) is 19.4 Å². The Morgan fingerprint density at radius 3 is 2.84 bits per heavy atom. The van der Waals surface area contributed by atoms with Gasteiger partial charge in [-0.1, -0.05) is 11.6 Å². The van der Waals surface area contributed by atoms with Crippen LogP contribution in [0.1, 0.15) is 16.7 Å². The number of rotatable bonds is 5. The van der Waals surface area contributed by atoms with Crippen LogP contribution in [0.3, 0.4) is 0 Å². The maximum Gasteiger partial charge on any atom is 0.344 e. The molecule has 0 unspecified atom stereocenters. The van der Waals surface area contributed by atoms with Crippen LogP contribution in [0.5, 0.6) is 11.5 Å². The SMILES string of the molecule is N#Cc1ccc(OCC(=O)OCc2cc(Cl)cc3c2OCOC3)cc1. The minimum atomic E-state index is -0.523. The van der Waals surface area contributed by atoms with Crippen molar-refractivity contribution in [2.45, 2.75) is 13.2 Å². The summed E-state index contributed by atoms with van der Waals surface area (Å²) in [6.45, 7) is 0.340. The summed E-state index contributed by atoms with van der Waals surface area (Å²) in [5.41, 5.74) is 2.01. The molecule has 2 aromatic carbocycles. The zero-order chi connectivity index (χ0) is 17.6. The van der Waals surface area contributed by atoms with E-state index in [9.17, 15) is 4.79 Å². The topological polar surface area (TPSA) is 77.8 Å². The highest BCUT2D eigenvalue weighted by atomic mass is 35.5. The molecule has 0 atom stereocenters. The van der Waals surface area contributed by atoms with Crippen LogP contribution in [0, 0.1) is 11.3 Å². The van der Waals surface area contributed by atoms with Crippen molar-refractivity contribution in [1.82, 2.24) is 0 Å². The Labute approximate surface area is 149 Å². The Morgan fingerprint density at radius 1 is 1.28 bits per heavy atom. The molecule has 0 aliphatic carbocycles. The van der Waals surface area contributed by atoms with Gasteiger partial charge in [0.2, 0.25) is 0 Å². The zero-order valence-electron chi connectivity index (χ0n) is 13.2. The largest absolute Gasteiger partial charge is 0.482 e. The first kappa shape index (κ1) is 17.1. The lowest BCUT2D eigenvalue weighted by atomic mass is 10.1. The van der Waals surface area contributed by atoms with Gasteiger partial charge >= 0.3 is 5.97 Å². The highest BCUT2D eigenvalue weighted by Gasteiger charge is 2.17. The maximum absolute atomic E-state index is 11.9. The Balaban J connectivity index is 1.55. The van der Waals surface area contributed by atoms with E-state index in [-0.39, 0.29) is 20.0 Å². The van der Waals surface area contributed by atoms with Crippen LogP contribution >= 0.6 is 11.6 Å². The van der Waals surface area contributed by atoms with Gasteiger partial charge < -0.3 is 18.9 Å². The molecule has 7 heteroatoms. The van der Waals surface area contributed by atoms with Crippen LogP contribution in [0.2, 0.25) is 5.02 Å². The summed E-state index contributed by atoms with van der Waals surface area (Å²) >= 11 is 6.06. The zero-order valence-corrected chi connectivity index (χ0v) is 13.9. The van der Waals surface area contributed by atoms with Gasteiger partial charge in [-0.3, -0.25) is 0 Å². The van der Waals surface area contributed by atoms with Crippen LogP contribution in [0.15, 0.2) is 36.4 Å². The Kier molecular flexibility index (Phi) is 5.39. The number of nitrogens with zero attached hydrogens (tertiary/aromatic N) is 1. The van der Waals surface area contributed by atoms with Gasteiger partial charge in [0.1, 0.15) is 18.1 Å². The van der Waals surface area contributed by atoms with Gasteiger partial charge in [0.05, 0.1) is 18.2 Å². The second-order valence-corrected chi connectivity index (χ2v) is 5.69. The van der Waals surface area contributed by atoms with E-state index in [1.807, 2.05) is 6.07 Å². The van der Waals surface area contributed by atoms with Crippen molar-refractivity contribution in [2.75, 3.05) is 13.4 Å². The molecule has 0 aromatic heterocycles. The van der Waals surface area contributed by atoms with Gasteiger partial charge in [0.25, 0.3) is 0 Å². The molecule has 25 heavy (non-hydrogen) atoms. The molecule has 2 aromatic rings. The number of nitriles is 1. The minimum Gasteiger partial charge on any atom is -0.482 e. The summed E-state index contributed by atoms with van der Waals surface area (Å²) in [5.74, 6) is 0.596. The van der Waals surface area contributed by atoms with Crippen molar-refractivity contribution in [3.8, 4) is 17.6 Å². The summed E-state index contributed by atoms with van der Waals surface area (Å²) in [6, 6.07) is 11.9. The Morgan fingerprint density at radius 2 is 2.08 bits per heavy atom. The number of ether oxygens (including phenoxy) is 4. The second kappa shape index (κ2) is 7.88. The Bertz CT molecular complexity index is 813. The van der Waals surface area contributed by atoms with Crippen molar-refractivity contribution >= 4 is 17.6 Å². The van der Waals surface area contributed by atoms with E-state index >= 15 is 0 Å².